The second-order valence-electron chi connectivity index (χ2n) is 6.87. The van der Waals surface area contributed by atoms with Crippen LogP contribution in [0.3, 0.4) is 0 Å². The van der Waals surface area contributed by atoms with E-state index in [4.69, 9.17) is 0 Å². The largest absolute Gasteiger partial charge is 0.340 e. The Morgan fingerprint density at radius 2 is 1.73 bits per heavy atom. The first kappa shape index (κ1) is 17.3. The SMILES string of the molecule is O=C(CCc1cccs1)N1CCN(Cc2cccc3ccccc23)CC1. The first-order chi connectivity index (χ1) is 12.8. The number of carbonyl (C=O) groups is 1. The quantitative estimate of drug-likeness (QED) is 0.678. The van der Waals surface area contributed by atoms with Crippen LogP contribution in [-0.4, -0.2) is 41.9 Å². The zero-order valence-corrected chi connectivity index (χ0v) is 15.8. The molecule has 2 aromatic carbocycles. The van der Waals surface area contributed by atoms with Crippen molar-refractivity contribution in [2.45, 2.75) is 19.4 Å². The Labute approximate surface area is 158 Å². The molecule has 1 aliphatic heterocycles. The normalized spacial score (nSPS) is 15.5. The summed E-state index contributed by atoms with van der Waals surface area (Å²) in [7, 11) is 0. The smallest absolute Gasteiger partial charge is 0.223 e. The van der Waals surface area contributed by atoms with Crippen molar-refractivity contribution >= 4 is 28.0 Å². The van der Waals surface area contributed by atoms with Crippen molar-refractivity contribution in [3.8, 4) is 0 Å². The van der Waals surface area contributed by atoms with Crippen LogP contribution < -0.4 is 0 Å². The molecule has 1 aliphatic rings. The van der Waals surface area contributed by atoms with Gasteiger partial charge in [0.05, 0.1) is 0 Å². The number of hydrogen-bond donors (Lipinski definition) is 0. The predicted octanol–water partition coefficient (Wildman–Crippen LogP) is 4.18. The first-order valence-corrected chi connectivity index (χ1v) is 10.2. The molecule has 4 heteroatoms. The number of carbonyl (C=O) groups excluding carboxylic acids is 1. The van der Waals surface area contributed by atoms with Crippen LogP contribution in [0.15, 0.2) is 60.0 Å². The van der Waals surface area contributed by atoms with Crippen LogP contribution in [-0.2, 0) is 17.8 Å². The van der Waals surface area contributed by atoms with Gasteiger partial charge in [-0.25, -0.2) is 0 Å². The standard InChI is InChI=1S/C22H24N2OS/c25-22(11-10-20-8-4-16-26-20)24-14-12-23(13-15-24)17-19-7-3-6-18-5-1-2-9-21(18)19/h1-9,16H,10-15,17H2. The third-order valence-electron chi connectivity index (χ3n) is 5.16. The van der Waals surface area contributed by atoms with E-state index >= 15 is 0 Å². The number of benzene rings is 2. The lowest BCUT2D eigenvalue weighted by atomic mass is 10.0. The molecule has 1 amide bonds. The number of nitrogens with zero attached hydrogens (tertiary/aromatic N) is 2. The second-order valence-corrected chi connectivity index (χ2v) is 7.91. The van der Waals surface area contributed by atoms with Crippen LogP contribution in [0.5, 0.6) is 0 Å². The molecule has 134 valence electrons. The average molecular weight is 365 g/mol. The number of amides is 1. The van der Waals surface area contributed by atoms with Crippen LogP contribution in [0.4, 0.5) is 0 Å². The van der Waals surface area contributed by atoms with E-state index in [1.165, 1.54) is 21.2 Å². The topological polar surface area (TPSA) is 23.6 Å². The van der Waals surface area contributed by atoms with Crippen molar-refractivity contribution in [1.82, 2.24) is 9.80 Å². The van der Waals surface area contributed by atoms with E-state index in [2.05, 4.69) is 64.9 Å². The first-order valence-electron chi connectivity index (χ1n) is 9.29. The van der Waals surface area contributed by atoms with Crippen LogP contribution >= 0.6 is 11.3 Å². The Hall–Kier alpha value is -2.17. The maximum atomic E-state index is 12.4. The number of aryl methyl sites for hydroxylation is 1. The van der Waals surface area contributed by atoms with Gasteiger partial charge in [-0.1, -0.05) is 48.5 Å². The molecule has 0 radical (unpaired) electrons. The van der Waals surface area contributed by atoms with E-state index in [0.717, 1.165) is 39.1 Å². The average Bonchev–Trinajstić information content (AvgIpc) is 3.21. The molecule has 3 nitrogen and oxygen atoms in total. The zero-order valence-electron chi connectivity index (χ0n) is 14.9. The molecule has 0 spiro atoms. The van der Waals surface area contributed by atoms with Crippen LogP contribution in [0.2, 0.25) is 0 Å². The van der Waals surface area contributed by atoms with E-state index in [1.807, 2.05) is 4.90 Å². The van der Waals surface area contributed by atoms with E-state index in [0.29, 0.717) is 12.3 Å². The van der Waals surface area contributed by atoms with Crippen molar-refractivity contribution < 1.29 is 4.79 Å². The minimum absolute atomic E-state index is 0.295. The molecule has 2 heterocycles. The third-order valence-corrected chi connectivity index (χ3v) is 6.10. The van der Waals surface area contributed by atoms with Gasteiger partial charge in [-0.05, 0) is 34.2 Å². The van der Waals surface area contributed by atoms with Gasteiger partial charge < -0.3 is 4.90 Å². The van der Waals surface area contributed by atoms with Gasteiger partial charge >= 0.3 is 0 Å². The summed E-state index contributed by atoms with van der Waals surface area (Å²) >= 11 is 1.74. The zero-order chi connectivity index (χ0) is 17.8. The lowest BCUT2D eigenvalue weighted by Crippen LogP contribution is -2.48. The van der Waals surface area contributed by atoms with Crippen molar-refractivity contribution in [3.05, 3.63) is 70.4 Å². The van der Waals surface area contributed by atoms with Crippen molar-refractivity contribution in [2.75, 3.05) is 26.2 Å². The molecule has 4 rings (SSSR count). The molecule has 1 aromatic heterocycles. The number of thiophene rings is 1. The molecule has 0 aliphatic carbocycles. The molecular formula is C22H24N2OS. The van der Waals surface area contributed by atoms with E-state index in [-0.39, 0.29) is 0 Å². The highest BCUT2D eigenvalue weighted by atomic mass is 32.1. The third kappa shape index (κ3) is 3.97. The summed E-state index contributed by atoms with van der Waals surface area (Å²) < 4.78 is 0. The lowest BCUT2D eigenvalue weighted by molar-refractivity contribution is -0.132. The number of fused-ring (bicyclic) bond motifs is 1. The van der Waals surface area contributed by atoms with Gasteiger partial charge in [0.1, 0.15) is 0 Å². The van der Waals surface area contributed by atoms with Gasteiger partial charge in [0, 0.05) is 44.0 Å². The molecule has 3 aromatic rings. The van der Waals surface area contributed by atoms with Gasteiger partial charge in [0.15, 0.2) is 0 Å². The summed E-state index contributed by atoms with van der Waals surface area (Å²) in [5.74, 6) is 0.295. The molecule has 0 unspecified atom stereocenters. The van der Waals surface area contributed by atoms with E-state index in [9.17, 15) is 4.79 Å². The van der Waals surface area contributed by atoms with Crippen molar-refractivity contribution in [3.63, 3.8) is 0 Å². The van der Waals surface area contributed by atoms with E-state index < -0.39 is 0 Å². The summed E-state index contributed by atoms with van der Waals surface area (Å²) in [6.07, 6.45) is 1.50. The Kier molecular flexibility index (Phi) is 5.32. The Morgan fingerprint density at radius 1 is 0.923 bits per heavy atom. The van der Waals surface area contributed by atoms with E-state index in [1.54, 1.807) is 11.3 Å². The minimum atomic E-state index is 0.295. The monoisotopic (exact) mass is 364 g/mol. The molecule has 1 saturated heterocycles. The maximum Gasteiger partial charge on any atom is 0.223 e. The summed E-state index contributed by atoms with van der Waals surface area (Å²) in [6.45, 7) is 4.54. The summed E-state index contributed by atoms with van der Waals surface area (Å²) in [6, 6.07) is 19.3. The Bertz CT molecular complexity index is 861. The van der Waals surface area contributed by atoms with Crippen LogP contribution in [0.1, 0.15) is 16.9 Å². The maximum absolute atomic E-state index is 12.4. The highest BCUT2D eigenvalue weighted by molar-refractivity contribution is 7.09. The molecule has 1 fully saturated rings. The van der Waals surface area contributed by atoms with Crippen molar-refractivity contribution in [2.24, 2.45) is 0 Å². The highest BCUT2D eigenvalue weighted by Crippen LogP contribution is 2.21. The second kappa shape index (κ2) is 8.02. The fourth-order valence-corrected chi connectivity index (χ4v) is 4.38. The molecule has 26 heavy (non-hydrogen) atoms. The molecule has 0 bridgehead atoms. The molecule has 0 saturated carbocycles. The Morgan fingerprint density at radius 3 is 2.54 bits per heavy atom. The predicted molar refractivity (Wildman–Crippen MR) is 108 cm³/mol. The summed E-state index contributed by atoms with van der Waals surface area (Å²) in [4.78, 5) is 18.2. The molecule has 0 N–H and O–H groups in total. The van der Waals surface area contributed by atoms with Gasteiger partial charge in [0.25, 0.3) is 0 Å². The highest BCUT2D eigenvalue weighted by Gasteiger charge is 2.21. The number of piperazine rings is 1. The molecule has 0 atom stereocenters. The summed E-state index contributed by atoms with van der Waals surface area (Å²) in [5.41, 5.74) is 1.38. The fraction of sp³-hybridized carbons (Fsp3) is 0.318. The number of rotatable bonds is 5. The van der Waals surface area contributed by atoms with Crippen LogP contribution in [0, 0.1) is 0 Å². The van der Waals surface area contributed by atoms with Gasteiger partial charge in [0.2, 0.25) is 5.91 Å². The number of hydrogen-bond acceptors (Lipinski definition) is 3. The van der Waals surface area contributed by atoms with Crippen LogP contribution in [0.25, 0.3) is 10.8 Å². The van der Waals surface area contributed by atoms with Gasteiger partial charge in [-0.15, -0.1) is 11.3 Å². The Balaban J connectivity index is 1.31. The fourth-order valence-electron chi connectivity index (χ4n) is 3.67. The molecular weight excluding hydrogens is 340 g/mol. The summed E-state index contributed by atoms with van der Waals surface area (Å²) in [5, 5.41) is 4.71. The van der Waals surface area contributed by atoms with Gasteiger partial charge in [-0.2, -0.15) is 0 Å². The van der Waals surface area contributed by atoms with Gasteiger partial charge in [-0.3, -0.25) is 9.69 Å². The minimum Gasteiger partial charge on any atom is -0.340 e. The van der Waals surface area contributed by atoms with Crippen molar-refractivity contribution in [1.29, 1.82) is 0 Å². The lowest BCUT2D eigenvalue weighted by Gasteiger charge is -2.35.